The van der Waals surface area contributed by atoms with Crippen LogP contribution in [0.25, 0.3) is 0 Å². The minimum Gasteiger partial charge on any atom is -0.383 e. The smallest absolute Gasteiger partial charge is 0.250 e. The summed E-state index contributed by atoms with van der Waals surface area (Å²) < 4.78 is 6.44. The van der Waals surface area contributed by atoms with E-state index in [9.17, 15) is 9.59 Å². The molecule has 1 rings (SSSR count). The Kier molecular flexibility index (Phi) is 6.84. The molecule has 0 bridgehead atoms. The van der Waals surface area contributed by atoms with Crippen LogP contribution in [0.4, 0.5) is 5.69 Å². The van der Waals surface area contributed by atoms with E-state index < -0.39 is 0 Å². The van der Waals surface area contributed by atoms with E-state index in [1.54, 1.807) is 19.4 Å². The Bertz CT molecular complexity index is 457. The van der Waals surface area contributed by atoms with Gasteiger partial charge in [-0.25, -0.2) is 0 Å². The molecule has 6 nitrogen and oxygen atoms in total. The fourth-order valence-corrected chi connectivity index (χ4v) is 1.55. The van der Waals surface area contributed by atoms with Crippen LogP contribution >= 0.6 is 0 Å². The SMILES string of the molecule is CCCNCC(=O)Nc1ccc(=O)n(CCOC)c1. The molecule has 0 aliphatic carbocycles. The van der Waals surface area contributed by atoms with Crippen molar-refractivity contribution in [2.24, 2.45) is 0 Å². The number of nitrogens with zero attached hydrogens (tertiary/aromatic N) is 1. The van der Waals surface area contributed by atoms with Gasteiger partial charge in [-0.15, -0.1) is 0 Å². The van der Waals surface area contributed by atoms with E-state index in [1.807, 2.05) is 6.92 Å². The first-order valence-corrected chi connectivity index (χ1v) is 6.37. The summed E-state index contributed by atoms with van der Waals surface area (Å²) in [5.74, 6) is -0.120. The summed E-state index contributed by atoms with van der Waals surface area (Å²) in [5.41, 5.74) is 0.498. The zero-order chi connectivity index (χ0) is 14.1. The van der Waals surface area contributed by atoms with Gasteiger partial charge in [0.25, 0.3) is 5.56 Å². The number of methoxy groups -OCH3 is 1. The normalized spacial score (nSPS) is 10.4. The van der Waals surface area contributed by atoms with Gasteiger partial charge in [0, 0.05) is 25.9 Å². The van der Waals surface area contributed by atoms with E-state index in [0.717, 1.165) is 13.0 Å². The Morgan fingerprint density at radius 2 is 2.21 bits per heavy atom. The summed E-state index contributed by atoms with van der Waals surface area (Å²) in [5, 5.41) is 5.76. The average molecular weight is 267 g/mol. The molecule has 106 valence electrons. The Morgan fingerprint density at radius 3 is 2.89 bits per heavy atom. The van der Waals surface area contributed by atoms with E-state index in [4.69, 9.17) is 4.74 Å². The van der Waals surface area contributed by atoms with Gasteiger partial charge >= 0.3 is 0 Å². The minimum absolute atomic E-state index is 0.112. The molecule has 0 saturated heterocycles. The van der Waals surface area contributed by atoms with Gasteiger partial charge in [-0.1, -0.05) is 6.92 Å². The molecule has 6 heteroatoms. The van der Waals surface area contributed by atoms with Crippen molar-refractivity contribution < 1.29 is 9.53 Å². The molecule has 1 amide bonds. The molecule has 0 unspecified atom stereocenters. The van der Waals surface area contributed by atoms with Gasteiger partial charge < -0.3 is 19.9 Å². The third-order valence-corrected chi connectivity index (χ3v) is 2.52. The zero-order valence-corrected chi connectivity index (χ0v) is 11.4. The highest BCUT2D eigenvalue weighted by Crippen LogP contribution is 2.02. The van der Waals surface area contributed by atoms with Gasteiger partial charge in [-0.05, 0) is 19.0 Å². The van der Waals surface area contributed by atoms with Crippen molar-refractivity contribution >= 4 is 11.6 Å². The number of ether oxygens (including phenoxy) is 1. The highest BCUT2D eigenvalue weighted by molar-refractivity contribution is 5.92. The van der Waals surface area contributed by atoms with Gasteiger partial charge in [0.1, 0.15) is 0 Å². The highest BCUT2D eigenvalue weighted by Gasteiger charge is 2.03. The predicted molar refractivity (Wildman–Crippen MR) is 74.4 cm³/mol. The monoisotopic (exact) mass is 267 g/mol. The molecule has 0 radical (unpaired) electrons. The van der Waals surface area contributed by atoms with Crippen molar-refractivity contribution in [2.45, 2.75) is 19.9 Å². The fraction of sp³-hybridized carbons (Fsp3) is 0.538. The Balaban J connectivity index is 2.58. The van der Waals surface area contributed by atoms with E-state index in [-0.39, 0.29) is 18.0 Å². The number of carbonyl (C=O) groups is 1. The number of hydrogen-bond acceptors (Lipinski definition) is 4. The molecule has 0 fully saturated rings. The van der Waals surface area contributed by atoms with Crippen molar-refractivity contribution in [1.29, 1.82) is 0 Å². The van der Waals surface area contributed by atoms with Crippen LogP contribution in [-0.2, 0) is 16.1 Å². The molecule has 0 atom stereocenters. The highest BCUT2D eigenvalue weighted by atomic mass is 16.5. The summed E-state index contributed by atoms with van der Waals surface area (Å²) in [6.07, 6.45) is 2.61. The van der Waals surface area contributed by atoms with Crippen LogP contribution in [0, 0.1) is 0 Å². The number of anilines is 1. The molecule has 0 aliphatic rings. The van der Waals surface area contributed by atoms with E-state index in [1.165, 1.54) is 10.6 Å². The summed E-state index contributed by atoms with van der Waals surface area (Å²) in [6, 6.07) is 3.04. The Morgan fingerprint density at radius 1 is 1.42 bits per heavy atom. The summed E-state index contributed by atoms with van der Waals surface area (Å²) in [7, 11) is 1.58. The third kappa shape index (κ3) is 5.67. The maximum absolute atomic E-state index is 11.6. The van der Waals surface area contributed by atoms with Crippen LogP contribution in [0.2, 0.25) is 0 Å². The van der Waals surface area contributed by atoms with Crippen LogP contribution in [-0.4, -0.2) is 37.3 Å². The Labute approximate surface area is 112 Å². The number of nitrogens with one attached hydrogen (secondary N) is 2. The van der Waals surface area contributed by atoms with Gasteiger partial charge in [-0.2, -0.15) is 0 Å². The minimum atomic E-state index is -0.120. The lowest BCUT2D eigenvalue weighted by molar-refractivity contribution is -0.115. The van der Waals surface area contributed by atoms with Crippen LogP contribution in [0.5, 0.6) is 0 Å². The molecule has 2 N–H and O–H groups in total. The van der Waals surface area contributed by atoms with E-state index in [0.29, 0.717) is 18.8 Å². The van der Waals surface area contributed by atoms with Crippen molar-refractivity contribution in [3.63, 3.8) is 0 Å². The van der Waals surface area contributed by atoms with Crippen molar-refractivity contribution in [3.8, 4) is 0 Å². The molecular formula is C13H21N3O3. The number of amides is 1. The van der Waals surface area contributed by atoms with Crippen LogP contribution in [0.1, 0.15) is 13.3 Å². The molecule has 0 aliphatic heterocycles. The standard InChI is InChI=1S/C13H21N3O3/c1-3-6-14-9-12(17)15-11-4-5-13(18)16(10-11)7-8-19-2/h4-5,10,14H,3,6-9H2,1-2H3,(H,15,17). The maximum atomic E-state index is 11.6. The molecule has 1 aromatic rings. The topological polar surface area (TPSA) is 72.4 Å². The van der Waals surface area contributed by atoms with Gasteiger partial charge in [-0.3, -0.25) is 9.59 Å². The second-order valence-corrected chi connectivity index (χ2v) is 4.17. The lowest BCUT2D eigenvalue weighted by Gasteiger charge is -2.09. The quantitative estimate of drug-likeness (QED) is 0.670. The number of rotatable bonds is 8. The fourth-order valence-electron chi connectivity index (χ4n) is 1.55. The molecule has 0 spiro atoms. The maximum Gasteiger partial charge on any atom is 0.250 e. The summed E-state index contributed by atoms with van der Waals surface area (Å²) in [6.45, 7) is 4.03. The van der Waals surface area contributed by atoms with Gasteiger partial charge in [0.05, 0.1) is 18.8 Å². The molecule has 19 heavy (non-hydrogen) atoms. The molecule has 0 saturated carbocycles. The van der Waals surface area contributed by atoms with Gasteiger partial charge in [0.15, 0.2) is 0 Å². The lowest BCUT2D eigenvalue weighted by Crippen LogP contribution is -2.29. The number of hydrogen-bond donors (Lipinski definition) is 2. The van der Waals surface area contributed by atoms with E-state index >= 15 is 0 Å². The zero-order valence-electron chi connectivity index (χ0n) is 11.4. The first-order chi connectivity index (χ1) is 9.17. The third-order valence-electron chi connectivity index (χ3n) is 2.52. The summed E-state index contributed by atoms with van der Waals surface area (Å²) >= 11 is 0. The Hall–Kier alpha value is -1.66. The van der Waals surface area contributed by atoms with E-state index in [2.05, 4.69) is 10.6 Å². The molecule has 1 heterocycles. The first kappa shape index (κ1) is 15.4. The molecule has 1 aromatic heterocycles. The first-order valence-electron chi connectivity index (χ1n) is 6.37. The second kappa shape index (κ2) is 8.44. The largest absolute Gasteiger partial charge is 0.383 e. The number of pyridine rings is 1. The van der Waals surface area contributed by atoms with Crippen molar-refractivity contribution in [1.82, 2.24) is 9.88 Å². The van der Waals surface area contributed by atoms with Crippen LogP contribution in [0.3, 0.4) is 0 Å². The summed E-state index contributed by atoms with van der Waals surface area (Å²) in [4.78, 5) is 23.2. The number of carbonyl (C=O) groups excluding carboxylic acids is 1. The second-order valence-electron chi connectivity index (χ2n) is 4.17. The number of aromatic nitrogens is 1. The average Bonchev–Trinajstić information content (AvgIpc) is 2.39. The predicted octanol–water partition coefficient (Wildman–Crippen LogP) is 0.433. The lowest BCUT2D eigenvalue weighted by atomic mass is 10.4. The van der Waals surface area contributed by atoms with Crippen LogP contribution in [0.15, 0.2) is 23.1 Å². The van der Waals surface area contributed by atoms with Gasteiger partial charge in [0.2, 0.25) is 5.91 Å². The molecular weight excluding hydrogens is 246 g/mol. The van der Waals surface area contributed by atoms with Crippen molar-refractivity contribution in [3.05, 3.63) is 28.7 Å². The van der Waals surface area contributed by atoms with Crippen molar-refractivity contribution in [2.75, 3.05) is 32.1 Å². The molecule has 0 aromatic carbocycles. The van der Waals surface area contributed by atoms with Crippen LogP contribution < -0.4 is 16.2 Å².